The molecule has 1 aromatic carbocycles. The lowest BCUT2D eigenvalue weighted by Gasteiger charge is -1.91. The summed E-state index contributed by atoms with van der Waals surface area (Å²) in [6, 6.07) is 9.59. The molecule has 0 saturated heterocycles. The number of thiazole rings is 1. The molecule has 24 heavy (non-hydrogen) atoms. The Morgan fingerprint density at radius 1 is 1.17 bits per heavy atom. The van der Waals surface area contributed by atoms with Gasteiger partial charge >= 0.3 is 0 Å². The van der Waals surface area contributed by atoms with E-state index < -0.39 is 0 Å². The first-order valence-electron chi connectivity index (χ1n) is 7.07. The van der Waals surface area contributed by atoms with Crippen LogP contribution in [0.5, 0.6) is 0 Å². The normalized spacial score (nSPS) is 12.6. The lowest BCUT2D eigenvalue weighted by Crippen LogP contribution is -2.23. The van der Waals surface area contributed by atoms with Crippen molar-refractivity contribution < 1.29 is 8.81 Å². The average molecular weight is 339 g/mol. The minimum absolute atomic E-state index is 0.236. The van der Waals surface area contributed by atoms with Gasteiger partial charge in [-0.05, 0) is 35.9 Å². The number of fused-ring (bicyclic) bond motifs is 1. The summed E-state index contributed by atoms with van der Waals surface area (Å²) in [7, 11) is 0. The van der Waals surface area contributed by atoms with Gasteiger partial charge in [0.2, 0.25) is 4.96 Å². The summed E-state index contributed by atoms with van der Waals surface area (Å²) in [5.41, 5.74) is 0.587. The van der Waals surface area contributed by atoms with Crippen LogP contribution in [0.25, 0.3) is 23.2 Å². The van der Waals surface area contributed by atoms with E-state index in [1.807, 2.05) is 0 Å². The number of nitrogens with zero attached hydrogens (tertiary/aromatic N) is 3. The smallest absolute Gasteiger partial charge is 0.291 e. The van der Waals surface area contributed by atoms with Crippen LogP contribution in [0.4, 0.5) is 4.39 Å². The monoisotopic (exact) mass is 339 g/mol. The second-order valence-electron chi connectivity index (χ2n) is 4.98. The quantitative estimate of drug-likeness (QED) is 0.576. The van der Waals surface area contributed by atoms with Gasteiger partial charge in [-0.15, -0.1) is 5.10 Å². The molecule has 0 bridgehead atoms. The average Bonchev–Trinajstić information content (AvgIpc) is 3.28. The standard InChI is InChI=1S/C17H10FN3O2S/c18-12-6-3-11(4-7-12)5-8-15-19-17-21(20-15)16(22)14(24-17)10-13-2-1-9-23-13/h1-10H. The van der Waals surface area contributed by atoms with Gasteiger partial charge < -0.3 is 4.42 Å². The predicted octanol–water partition coefficient (Wildman–Crippen LogP) is 2.60. The Morgan fingerprint density at radius 3 is 2.71 bits per heavy atom. The molecule has 4 rings (SSSR count). The zero-order chi connectivity index (χ0) is 16.5. The van der Waals surface area contributed by atoms with E-state index in [0.29, 0.717) is 21.1 Å². The zero-order valence-corrected chi connectivity index (χ0v) is 13.0. The first-order chi connectivity index (χ1) is 11.7. The van der Waals surface area contributed by atoms with Crippen LogP contribution in [-0.2, 0) is 0 Å². The van der Waals surface area contributed by atoms with Gasteiger partial charge in [-0.25, -0.2) is 4.39 Å². The summed E-state index contributed by atoms with van der Waals surface area (Å²) in [6.45, 7) is 0. The fraction of sp³-hybridized carbons (Fsp3) is 0. The molecular formula is C17H10FN3O2S. The van der Waals surface area contributed by atoms with Crippen molar-refractivity contribution in [2.24, 2.45) is 0 Å². The number of hydrogen-bond donors (Lipinski definition) is 0. The molecular weight excluding hydrogens is 329 g/mol. The SMILES string of the molecule is O=c1c(=Cc2ccco2)sc2nc(C=Cc3ccc(F)cc3)nn12. The van der Waals surface area contributed by atoms with E-state index in [4.69, 9.17) is 4.42 Å². The molecule has 0 aliphatic heterocycles. The molecule has 7 heteroatoms. The lowest BCUT2D eigenvalue weighted by atomic mass is 10.2. The Hall–Kier alpha value is -3.06. The van der Waals surface area contributed by atoms with Gasteiger partial charge in [-0.1, -0.05) is 29.5 Å². The minimum atomic E-state index is -0.288. The predicted molar refractivity (Wildman–Crippen MR) is 90.0 cm³/mol. The van der Waals surface area contributed by atoms with Gasteiger partial charge in [0.25, 0.3) is 5.56 Å². The van der Waals surface area contributed by atoms with Crippen LogP contribution in [0.1, 0.15) is 17.1 Å². The van der Waals surface area contributed by atoms with E-state index in [1.165, 1.54) is 28.0 Å². The summed E-state index contributed by atoms with van der Waals surface area (Å²) < 4.78 is 19.9. The Balaban J connectivity index is 1.67. The molecule has 0 saturated carbocycles. The molecule has 3 heterocycles. The third-order valence-electron chi connectivity index (χ3n) is 3.31. The van der Waals surface area contributed by atoms with Crippen molar-refractivity contribution in [2.75, 3.05) is 0 Å². The highest BCUT2D eigenvalue weighted by molar-refractivity contribution is 7.15. The maximum absolute atomic E-state index is 12.9. The van der Waals surface area contributed by atoms with Gasteiger partial charge in [0.15, 0.2) is 5.82 Å². The van der Waals surface area contributed by atoms with Crippen LogP contribution in [0.15, 0.2) is 51.9 Å². The second-order valence-corrected chi connectivity index (χ2v) is 5.99. The Bertz CT molecular complexity index is 1130. The second kappa shape index (κ2) is 5.86. The van der Waals surface area contributed by atoms with Crippen molar-refractivity contribution in [3.05, 3.63) is 80.5 Å². The Kier molecular flexibility index (Phi) is 3.55. The molecule has 0 N–H and O–H groups in total. The van der Waals surface area contributed by atoms with Crippen molar-refractivity contribution >= 4 is 34.5 Å². The molecule has 5 nitrogen and oxygen atoms in total. The van der Waals surface area contributed by atoms with Crippen molar-refractivity contribution in [1.29, 1.82) is 0 Å². The van der Waals surface area contributed by atoms with Crippen LogP contribution in [0.2, 0.25) is 0 Å². The molecule has 0 fully saturated rings. The number of halogens is 1. The third kappa shape index (κ3) is 2.77. The van der Waals surface area contributed by atoms with Crippen LogP contribution in [0.3, 0.4) is 0 Å². The van der Waals surface area contributed by atoms with Gasteiger partial charge in [-0.3, -0.25) is 4.79 Å². The Morgan fingerprint density at radius 2 is 2.00 bits per heavy atom. The number of hydrogen-bond acceptors (Lipinski definition) is 5. The van der Waals surface area contributed by atoms with Crippen LogP contribution in [0, 0.1) is 5.82 Å². The van der Waals surface area contributed by atoms with E-state index in [-0.39, 0.29) is 11.4 Å². The van der Waals surface area contributed by atoms with Crippen LogP contribution in [-0.4, -0.2) is 14.6 Å². The third-order valence-corrected chi connectivity index (χ3v) is 4.27. The number of aromatic nitrogens is 3. The van der Waals surface area contributed by atoms with Crippen LogP contribution >= 0.6 is 11.3 Å². The summed E-state index contributed by atoms with van der Waals surface area (Å²) in [5.74, 6) is 0.740. The van der Waals surface area contributed by atoms with E-state index in [9.17, 15) is 9.18 Å². The fourth-order valence-electron chi connectivity index (χ4n) is 2.17. The van der Waals surface area contributed by atoms with Gasteiger partial charge in [0, 0.05) is 6.08 Å². The maximum Gasteiger partial charge on any atom is 0.291 e. The highest BCUT2D eigenvalue weighted by Gasteiger charge is 2.09. The largest absolute Gasteiger partial charge is 0.465 e. The molecule has 0 atom stereocenters. The van der Waals surface area contributed by atoms with Crippen LogP contribution < -0.4 is 10.1 Å². The molecule has 0 amide bonds. The number of rotatable bonds is 3. The molecule has 0 aliphatic carbocycles. The van der Waals surface area contributed by atoms with Gasteiger partial charge in [-0.2, -0.15) is 9.50 Å². The van der Waals surface area contributed by atoms with Gasteiger partial charge in [0.05, 0.1) is 6.26 Å². The maximum atomic E-state index is 12.9. The Labute approximate surface area is 139 Å². The fourth-order valence-corrected chi connectivity index (χ4v) is 3.06. The minimum Gasteiger partial charge on any atom is -0.465 e. The molecule has 4 aromatic rings. The molecule has 0 unspecified atom stereocenters. The first kappa shape index (κ1) is 14.5. The van der Waals surface area contributed by atoms with Crippen molar-refractivity contribution in [3.63, 3.8) is 0 Å². The molecule has 118 valence electrons. The van der Waals surface area contributed by atoms with E-state index in [1.54, 1.807) is 48.8 Å². The van der Waals surface area contributed by atoms with Crippen molar-refractivity contribution in [3.8, 4) is 0 Å². The van der Waals surface area contributed by atoms with Gasteiger partial charge in [0.1, 0.15) is 16.1 Å². The molecule has 0 aliphatic rings. The zero-order valence-electron chi connectivity index (χ0n) is 12.2. The van der Waals surface area contributed by atoms with E-state index in [0.717, 1.165) is 5.56 Å². The lowest BCUT2D eigenvalue weighted by molar-refractivity contribution is 0.556. The summed E-state index contributed by atoms with van der Waals surface area (Å²) in [5, 5.41) is 4.19. The highest BCUT2D eigenvalue weighted by atomic mass is 32.1. The van der Waals surface area contributed by atoms with Crippen molar-refractivity contribution in [1.82, 2.24) is 14.6 Å². The van der Waals surface area contributed by atoms with E-state index in [2.05, 4.69) is 10.1 Å². The topological polar surface area (TPSA) is 60.4 Å². The highest BCUT2D eigenvalue weighted by Crippen LogP contribution is 2.09. The summed E-state index contributed by atoms with van der Waals surface area (Å²) in [6.07, 6.45) is 6.66. The molecule has 3 aromatic heterocycles. The summed E-state index contributed by atoms with van der Waals surface area (Å²) >= 11 is 1.24. The molecule has 0 spiro atoms. The number of benzene rings is 1. The number of furan rings is 1. The van der Waals surface area contributed by atoms with E-state index >= 15 is 0 Å². The molecule has 0 radical (unpaired) electrons. The summed E-state index contributed by atoms with van der Waals surface area (Å²) in [4.78, 5) is 17.1. The van der Waals surface area contributed by atoms with Crippen molar-refractivity contribution in [2.45, 2.75) is 0 Å². The first-order valence-corrected chi connectivity index (χ1v) is 7.89.